The lowest BCUT2D eigenvalue weighted by Crippen LogP contribution is -2.18. The summed E-state index contributed by atoms with van der Waals surface area (Å²) in [5, 5.41) is 24.4. The number of nitrogens with one attached hydrogen (secondary N) is 1. The lowest BCUT2D eigenvalue weighted by Gasteiger charge is -2.19. The van der Waals surface area contributed by atoms with Gasteiger partial charge in [0.2, 0.25) is 0 Å². The van der Waals surface area contributed by atoms with E-state index in [1.165, 1.54) is 24.3 Å². The Balaban J connectivity index is 1.86. The van der Waals surface area contributed by atoms with E-state index in [1.54, 1.807) is 24.3 Å². The van der Waals surface area contributed by atoms with Crippen LogP contribution in [0.5, 0.6) is 0 Å². The van der Waals surface area contributed by atoms with E-state index < -0.39 is 17.4 Å². The number of nitro groups is 2. The summed E-state index contributed by atoms with van der Waals surface area (Å²) in [5.41, 5.74) is 1.65. The Kier molecular flexibility index (Phi) is 9.07. The summed E-state index contributed by atoms with van der Waals surface area (Å²) in [6.45, 7) is 2.75. The van der Waals surface area contributed by atoms with Crippen molar-refractivity contribution in [2.75, 3.05) is 26.0 Å². The molecule has 0 saturated heterocycles. The first kappa shape index (κ1) is 23.6. The molecule has 10 nitrogen and oxygen atoms in total. The molecule has 0 atom stereocenters. The van der Waals surface area contributed by atoms with Crippen molar-refractivity contribution < 1.29 is 23.5 Å². The van der Waals surface area contributed by atoms with E-state index in [0.29, 0.717) is 19.4 Å². The Morgan fingerprint density at radius 2 is 1.23 bits per heavy atom. The summed E-state index contributed by atoms with van der Waals surface area (Å²) in [6, 6.07) is 12.2. The normalized spacial score (nSPS) is 11.4. The summed E-state index contributed by atoms with van der Waals surface area (Å²) in [5.74, 6) is 0. The highest BCUT2D eigenvalue weighted by atomic mass is 31.2. The van der Waals surface area contributed by atoms with Gasteiger partial charge in [-0.2, -0.15) is 0 Å². The summed E-state index contributed by atoms with van der Waals surface area (Å²) < 4.78 is 24.1. The number of hydrogen-bond donors (Lipinski definition) is 1. The van der Waals surface area contributed by atoms with Gasteiger partial charge in [-0.1, -0.05) is 31.2 Å². The number of hydrogen-bond acceptors (Lipinski definition) is 8. The van der Waals surface area contributed by atoms with Crippen LogP contribution >= 0.6 is 7.60 Å². The second-order valence-electron chi connectivity index (χ2n) is 6.39. The summed E-state index contributed by atoms with van der Waals surface area (Å²) in [6.07, 6.45) is 0.920. The molecule has 0 aromatic heterocycles. The highest BCUT2D eigenvalue weighted by Gasteiger charge is 2.24. The van der Waals surface area contributed by atoms with Crippen LogP contribution in [0, 0.1) is 20.2 Å². The topological polar surface area (TPSA) is 134 Å². The highest BCUT2D eigenvalue weighted by molar-refractivity contribution is 7.53. The molecule has 162 valence electrons. The Hall–Kier alpha value is -2.65. The first-order valence-electron chi connectivity index (χ1n) is 9.38. The Bertz CT molecular complexity index is 821. The first-order chi connectivity index (χ1) is 14.3. The fourth-order valence-corrected chi connectivity index (χ4v) is 4.04. The average Bonchev–Trinajstić information content (AvgIpc) is 2.73. The summed E-state index contributed by atoms with van der Waals surface area (Å²) in [4.78, 5) is 20.5. The van der Waals surface area contributed by atoms with Gasteiger partial charge in [-0.3, -0.25) is 24.8 Å². The minimum atomic E-state index is -3.39. The molecule has 2 aromatic rings. The zero-order valence-corrected chi connectivity index (χ0v) is 17.5. The average molecular weight is 437 g/mol. The van der Waals surface area contributed by atoms with Gasteiger partial charge >= 0.3 is 7.60 Å². The molecule has 0 aliphatic rings. The van der Waals surface area contributed by atoms with Crippen LogP contribution in [0.15, 0.2) is 48.5 Å². The van der Waals surface area contributed by atoms with Crippen LogP contribution in [0.4, 0.5) is 11.4 Å². The maximum absolute atomic E-state index is 13.0. The van der Waals surface area contributed by atoms with Gasteiger partial charge in [0, 0.05) is 24.3 Å². The van der Waals surface area contributed by atoms with Crippen molar-refractivity contribution >= 4 is 19.0 Å². The zero-order chi connectivity index (χ0) is 22.0. The number of nitro benzene ring substituents is 2. The van der Waals surface area contributed by atoms with Crippen molar-refractivity contribution in [1.82, 2.24) is 5.32 Å². The van der Waals surface area contributed by atoms with Crippen LogP contribution in [0.2, 0.25) is 0 Å². The Labute approximate surface area is 174 Å². The van der Waals surface area contributed by atoms with Gasteiger partial charge in [0.1, 0.15) is 0 Å². The maximum atomic E-state index is 13.0. The SMILES string of the molecule is CCNCP(=O)(OCCc1ccc([N+](=O)[O-])cc1)OCCc1ccc([N+](=O)[O-])cc1. The van der Waals surface area contributed by atoms with E-state index in [2.05, 4.69) is 5.32 Å². The largest absolute Gasteiger partial charge is 0.344 e. The molecule has 2 aromatic carbocycles. The number of rotatable bonds is 13. The van der Waals surface area contributed by atoms with Crippen molar-refractivity contribution in [3.05, 3.63) is 79.9 Å². The number of benzene rings is 2. The lowest BCUT2D eigenvalue weighted by atomic mass is 10.1. The quantitative estimate of drug-likeness (QED) is 0.281. The molecule has 0 heterocycles. The van der Waals surface area contributed by atoms with Gasteiger partial charge in [0.15, 0.2) is 0 Å². The molecule has 0 fully saturated rings. The van der Waals surface area contributed by atoms with E-state index in [9.17, 15) is 24.8 Å². The lowest BCUT2D eigenvalue weighted by molar-refractivity contribution is -0.385. The fourth-order valence-electron chi connectivity index (χ4n) is 2.55. The van der Waals surface area contributed by atoms with Crippen LogP contribution in [-0.4, -0.2) is 35.9 Å². The van der Waals surface area contributed by atoms with Crippen molar-refractivity contribution in [1.29, 1.82) is 0 Å². The van der Waals surface area contributed by atoms with E-state index >= 15 is 0 Å². The first-order valence-corrected chi connectivity index (χ1v) is 11.1. The molecule has 2 rings (SSSR count). The molecular formula is C19H24N3O7P. The standard InChI is InChI=1S/C19H24N3O7P/c1-2-20-15-30(27,28-13-11-16-3-7-18(8-4-16)21(23)24)29-14-12-17-5-9-19(10-6-17)22(25)26/h3-10,20H,2,11-15H2,1H3. The zero-order valence-electron chi connectivity index (χ0n) is 16.6. The van der Waals surface area contributed by atoms with Gasteiger partial charge in [0.25, 0.3) is 11.4 Å². The fraction of sp³-hybridized carbons (Fsp3) is 0.368. The van der Waals surface area contributed by atoms with Gasteiger partial charge in [-0.05, 0) is 30.5 Å². The molecule has 1 N–H and O–H groups in total. The van der Waals surface area contributed by atoms with E-state index in [4.69, 9.17) is 9.05 Å². The molecule has 0 radical (unpaired) electrons. The van der Waals surface area contributed by atoms with Crippen LogP contribution in [0.3, 0.4) is 0 Å². The predicted octanol–water partition coefficient (Wildman–Crippen LogP) is 4.08. The molecule has 11 heteroatoms. The molecule has 0 amide bonds. The minimum Gasteiger partial charge on any atom is -0.307 e. The van der Waals surface area contributed by atoms with Crippen molar-refractivity contribution in [3.63, 3.8) is 0 Å². The molecule has 0 bridgehead atoms. The van der Waals surface area contributed by atoms with Crippen molar-refractivity contribution in [3.8, 4) is 0 Å². The molecule has 0 saturated carbocycles. The third kappa shape index (κ3) is 7.64. The maximum Gasteiger partial charge on any atom is 0.344 e. The van der Waals surface area contributed by atoms with Crippen molar-refractivity contribution in [2.45, 2.75) is 19.8 Å². The molecule has 0 spiro atoms. The molecule has 30 heavy (non-hydrogen) atoms. The third-order valence-electron chi connectivity index (χ3n) is 4.21. The van der Waals surface area contributed by atoms with E-state index in [0.717, 1.165) is 11.1 Å². The second-order valence-corrected chi connectivity index (χ2v) is 8.44. The van der Waals surface area contributed by atoms with Gasteiger partial charge in [-0.15, -0.1) is 0 Å². The van der Waals surface area contributed by atoms with E-state index in [-0.39, 0.29) is 30.9 Å². The van der Waals surface area contributed by atoms with Gasteiger partial charge in [-0.25, -0.2) is 0 Å². The van der Waals surface area contributed by atoms with Gasteiger partial charge in [0.05, 0.1) is 29.3 Å². The minimum absolute atomic E-state index is 0.00654. The summed E-state index contributed by atoms with van der Waals surface area (Å²) in [7, 11) is -3.39. The molecule has 0 aliphatic carbocycles. The molecule has 0 aliphatic heterocycles. The number of nitrogens with zero attached hydrogens (tertiary/aromatic N) is 2. The van der Waals surface area contributed by atoms with Crippen molar-refractivity contribution in [2.24, 2.45) is 0 Å². The Morgan fingerprint density at radius 1 is 0.833 bits per heavy atom. The number of non-ortho nitro benzene ring substituents is 2. The molecule has 0 unspecified atom stereocenters. The van der Waals surface area contributed by atoms with Crippen LogP contribution in [-0.2, 0) is 26.5 Å². The van der Waals surface area contributed by atoms with Gasteiger partial charge < -0.3 is 14.4 Å². The van der Waals surface area contributed by atoms with Crippen LogP contribution in [0.25, 0.3) is 0 Å². The monoisotopic (exact) mass is 437 g/mol. The van der Waals surface area contributed by atoms with Crippen LogP contribution in [0.1, 0.15) is 18.1 Å². The smallest absolute Gasteiger partial charge is 0.307 e. The summed E-state index contributed by atoms with van der Waals surface area (Å²) >= 11 is 0. The highest BCUT2D eigenvalue weighted by Crippen LogP contribution is 2.47. The van der Waals surface area contributed by atoms with E-state index in [1.807, 2.05) is 6.92 Å². The second kappa shape index (κ2) is 11.5. The third-order valence-corrected chi connectivity index (χ3v) is 5.97. The molecular weight excluding hydrogens is 413 g/mol. The Morgan fingerprint density at radius 3 is 1.57 bits per heavy atom. The predicted molar refractivity (Wildman–Crippen MR) is 112 cm³/mol. The van der Waals surface area contributed by atoms with Crippen LogP contribution < -0.4 is 5.32 Å².